The van der Waals surface area contributed by atoms with Gasteiger partial charge in [-0.2, -0.15) is 5.26 Å². The monoisotopic (exact) mass is 514 g/mol. The Bertz CT molecular complexity index is 1460. The lowest BCUT2D eigenvalue weighted by Gasteiger charge is -2.16. The van der Waals surface area contributed by atoms with Crippen molar-refractivity contribution in [1.82, 2.24) is 4.98 Å². The first-order valence-corrected chi connectivity index (χ1v) is 11.4. The second-order valence-corrected chi connectivity index (χ2v) is 8.10. The molecule has 1 atom stereocenters. The zero-order valence-electron chi connectivity index (χ0n) is 19.2. The van der Waals surface area contributed by atoms with Gasteiger partial charge in [-0.15, -0.1) is 0 Å². The van der Waals surface area contributed by atoms with Crippen LogP contribution in [0.15, 0.2) is 91.1 Å². The highest BCUT2D eigenvalue weighted by atomic mass is 35.5. The number of anilines is 1. The van der Waals surface area contributed by atoms with Crippen LogP contribution in [0.2, 0.25) is 0 Å². The van der Waals surface area contributed by atoms with Gasteiger partial charge in [0.25, 0.3) is 11.6 Å². The molecule has 1 unspecified atom stereocenters. The standard InChI is InChI=1S/C27H19ClN4O5/c28-26(18-6-2-1-3-7-18)37-24-13-21(27(33)31-25-11-10-22(16-30-25)32(34)35)12-23(14-24)36-17-20-9-5-4-8-19(20)15-29/h1-14,16,26H,17H2,(H,30,31,33). The van der Waals surface area contributed by atoms with Crippen LogP contribution in [0.5, 0.6) is 11.5 Å². The number of nitriles is 1. The Labute approximate surface area is 217 Å². The number of nitro groups is 1. The molecule has 4 aromatic rings. The molecule has 37 heavy (non-hydrogen) atoms. The van der Waals surface area contributed by atoms with E-state index >= 15 is 0 Å². The summed E-state index contributed by atoms with van der Waals surface area (Å²) in [5, 5.41) is 22.8. The number of amides is 1. The first-order chi connectivity index (χ1) is 17.9. The SMILES string of the molecule is N#Cc1ccccc1COc1cc(OC(Cl)c2ccccc2)cc(C(=O)Nc2ccc([N+](=O)[O-])cn2)c1. The highest BCUT2D eigenvalue weighted by Gasteiger charge is 2.16. The first-order valence-electron chi connectivity index (χ1n) is 11.0. The van der Waals surface area contributed by atoms with Crippen molar-refractivity contribution in [1.29, 1.82) is 5.26 Å². The summed E-state index contributed by atoms with van der Waals surface area (Å²) >= 11 is 6.44. The van der Waals surface area contributed by atoms with E-state index in [0.29, 0.717) is 16.9 Å². The van der Waals surface area contributed by atoms with E-state index in [9.17, 15) is 20.2 Å². The van der Waals surface area contributed by atoms with E-state index in [-0.39, 0.29) is 29.4 Å². The molecule has 1 heterocycles. The van der Waals surface area contributed by atoms with Gasteiger partial charge in [0, 0.05) is 28.8 Å². The van der Waals surface area contributed by atoms with Crippen LogP contribution in [0.3, 0.4) is 0 Å². The van der Waals surface area contributed by atoms with E-state index < -0.39 is 16.4 Å². The maximum Gasteiger partial charge on any atom is 0.287 e. The molecule has 0 fully saturated rings. The lowest BCUT2D eigenvalue weighted by atomic mass is 10.1. The van der Waals surface area contributed by atoms with Crippen LogP contribution in [0.25, 0.3) is 0 Å². The van der Waals surface area contributed by atoms with Crippen molar-refractivity contribution < 1.29 is 19.2 Å². The zero-order chi connectivity index (χ0) is 26.2. The number of pyridine rings is 1. The van der Waals surface area contributed by atoms with Gasteiger partial charge in [0.05, 0.1) is 16.6 Å². The normalized spacial score (nSPS) is 11.1. The molecule has 0 saturated heterocycles. The van der Waals surface area contributed by atoms with Gasteiger partial charge >= 0.3 is 0 Å². The molecule has 0 saturated carbocycles. The largest absolute Gasteiger partial charge is 0.489 e. The Kier molecular flexibility index (Phi) is 7.93. The van der Waals surface area contributed by atoms with E-state index in [4.69, 9.17) is 21.1 Å². The summed E-state index contributed by atoms with van der Waals surface area (Å²) in [7, 11) is 0. The summed E-state index contributed by atoms with van der Waals surface area (Å²) < 4.78 is 11.8. The van der Waals surface area contributed by atoms with E-state index in [1.165, 1.54) is 24.3 Å². The number of halogens is 1. The predicted molar refractivity (Wildman–Crippen MR) is 136 cm³/mol. The molecule has 1 N–H and O–H groups in total. The number of hydrogen-bond donors (Lipinski definition) is 1. The van der Waals surface area contributed by atoms with Gasteiger partial charge in [-0.3, -0.25) is 14.9 Å². The van der Waals surface area contributed by atoms with E-state index in [0.717, 1.165) is 11.8 Å². The molecule has 0 bridgehead atoms. The number of carbonyl (C=O) groups is 1. The molecule has 0 aliphatic rings. The third kappa shape index (κ3) is 6.60. The first kappa shape index (κ1) is 25.2. The van der Waals surface area contributed by atoms with Crippen molar-refractivity contribution in [3.8, 4) is 17.6 Å². The molecule has 9 nitrogen and oxygen atoms in total. The molecular weight excluding hydrogens is 496 g/mol. The van der Waals surface area contributed by atoms with Gasteiger partial charge in [-0.25, -0.2) is 4.98 Å². The zero-order valence-corrected chi connectivity index (χ0v) is 20.0. The smallest absolute Gasteiger partial charge is 0.287 e. The van der Waals surface area contributed by atoms with Crippen LogP contribution in [0, 0.1) is 21.4 Å². The van der Waals surface area contributed by atoms with Crippen LogP contribution in [-0.2, 0) is 6.61 Å². The van der Waals surface area contributed by atoms with Gasteiger partial charge in [0.15, 0.2) is 5.56 Å². The molecular formula is C27H19ClN4O5. The van der Waals surface area contributed by atoms with Crippen molar-refractivity contribution in [2.75, 3.05) is 5.32 Å². The number of rotatable bonds is 9. The fraction of sp³-hybridized carbons (Fsp3) is 0.0741. The molecule has 0 spiro atoms. The predicted octanol–water partition coefficient (Wildman–Crippen LogP) is 6.01. The Morgan fingerprint density at radius 3 is 2.49 bits per heavy atom. The lowest BCUT2D eigenvalue weighted by molar-refractivity contribution is -0.385. The van der Waals surface area contributed by atoms with Crippen molar-refractivity contribution in [2.24, 2.45) is 0 Å². The average molecular weight is 515 g/mol. The van der Waals surface area contributed by atoms with Crippen molar-refractivity contribution in [2.45, 2.75) is 12.2 Å². The minimum Gasteiger partial charge on any atom is -0.489 e. The maximum atomic E-state index is 13.0. The third-order valence-corrected chi connectivity index (χ3v) is 5.52. The lowest BCUT2D eigenvalue weighted by Crippen LogP contribution is -2.13. The van der Waals surface area contributed by atoms with E-state index in [1.807, 2.05) is 30.3 Å². The minimum absolute atomic E-state index is 0.0845. The summed E-state index contributed by atoms with van der Waals surface area (Å²) in [6.45, 7) is 0.0845. The van der Waals surface area contributed by atoms with Crippen LogP contribution >= 0.6 is 11.6 Å². The maximum absolute atomic E-state index is 13.0. The van der Waals surface area contributed by atoms with Gasteiger partial charge in [-0.05, 0) is 24.3 Å². The fourth-order valence-corrected chi connectivity index (χ4v) is 3.57. The number of nitrogens with one attached hydrogen (secondary N) is 1. The Morgan fingerprint density at radius 2 is 1.78 bits per heavy atom. The van der Waals surface area contributed by atoms with Gasteiger partial charge in [0.1, 0.15) is 30.1 Å². The Balaban J connectivity index is 1.59. The topological polar surface area (TPSA) is 127 Å². The second-order valence-electron chi connectivity index (χ2n) is 7.71. The summed E-state index contributed by atoms with van der Waals surface area (Å²) in [4.78, 5) is 27.2. The number of nitrogens with zero attached hydrogens (tertiary/aromatic N) is 3. The van der Waals surface area contributed by atoms with E-state index in [2.05, 4.69) is 16.4 Å². The molecule has 1 aromatic heterocycles. The number of hydrogen-bond acceptors (Lipinski definition) is 7. The molecule has 0 radical (unpaired) electrons. The van der Waals surface area contributed by atoms with Crippen LogP contribution in [0.4, 0.5) is 11.5 Å². The molecule has 0 aliphatic heterocycles. The highest BCUT2D eigenvalue weighted by molar-refractivity contribution is 6.20. The third-order valence-electron chi connectivity index (χ3n) is 5.18. The van der Waals surface area contributed by atoms with E-state index in [1.54, 1.807) is 30.3 Å². The van der Waals surface area contributed by atoms with Crippen molar-refractivity contribution >= 4 is 29.0 Å². The number of benzene rings is 3. The summed E-state index contributed by atoms with van der Waals surface area (Å²) in [6.07, 6.45) is 1.05. The van der Waals surface area contributed by atoms with Crippen LogP contribution < -0.4 is 14.8 Å². The van der Waals surface area contributed by atoms with Crippen LogP contribution in [-0.4, -0.2) is 15.8 Å². The summed E-state index contributed by atoms with van der Waals surface area (Å²) in [5.74, 6) is 0.174. The number of carbonyl (C=O) groups excluding carboxylic acids is 1. The number of aromatic nitrogens is 1. The number of alkyl halides is 1. The molecule has 4 rings (SSSR count). The van der Waals surface area contributed by atoms with Crippen molar-refractivity contribution in [3.63, 3.8) is 0 Å². The fourth-order valence-electron chi connectivity index (χ4n) is 3.32. The summed E-state index contributed by atoms with van der Waals surface area (Å²) in [6, 6.07) is 25.4. The molecule has 3 aromatic carbocycles. The number of ether oxygens (including phenoxy) is 2. The van der Waals surface area contributed by atoms with Gasteiger partial charge < -0.3 is 14.8 Å². The molecule has 10 heteroatoms. The minimum atomic E-state index is -0.831. The quantitative estimate of drug-likeness (QED) is 0.164. The molecule has 0 aliphatic carbocycles. The molecule has 1 amide bonds. The van der Waals surface area contributed by atoms with Crippen molar-refractivity contribution in [3.05, 3.63) is 123 Å². The Hall–Kier alpha value is -4.94. The van der Waals surface area contributed by atoms with Crippen LogP contribution in [0.1, 0.15) is 32.6 Å². The average Bonchev–Trinajstić information content (AvgIpc) is 2.92. The molecule has 184 valence electrons. The Morgan fingerprint density at radius 1 is 1.05 bits per heavy atom. The van der Waals surface area contributed by atoms with Gasteiger partial charge in [-0.1, -0.05) is 60.1 Å². The second kappa shape index (κ2) is 11.7. The highest BCUT2D eigenvalue weighted by Crippen LogP contribution is 2.30. The van der Waals surface area contributed by atoms with Gasteiger partial charge in [0.2, 0.25) is 0 Å². The summed E-state index contributed by atoms with van der Waals surface area (Å²) in [5.41, 5.74) is 1.02.